The zero-order chi connectivity index (χ0) is 23.4. The molecule has 0 spiro atoms. The van der Waals surface area contributed by atoms with Crippen LogP contribution in [-0.4, -0.2) is 36.4 Å². The van der Waals surface area contributed by atoms with Crippen molar-refractivity contribution in [2.75, 3.05) is 19.1 Å². The molecule has 0 aliphatic carbocycles. The van der Waals surface area contributed by atoms with E-state index in [9.17, 15) is 9.59 Å². The Balaban J connectivity index is 1.74. The second-order valence-corrected chi connectivity index (χ2v) is 7.14. The minimum Gasteiger partial charge on any atom is -0.465 e. The lowest BCUT2D eigenvalue weighted by atomic mass is 10.1. The lowest BCUT2D eigenvalue weighted by Crippen LogP contribution is -2.26. The average Bonchev–Trinajstić information content (AvgIpc) is 3.23. The van der Waals surface area contributed by atoms with E-state index < -0.39 is 11.9 Å². The van der Waals surface area contributed by atoms with Gasteiger partial charge in [0.1, 0.15) is 5.70 Å². The Morgan fingerprint density at radius 2 is 1.58 bits per heavy atom. The van der Waals surface area contributed by atoms with Crippen molar-refractivity contribution in [3.8, 4) is 22.9 Å². The maximum Gasteiger partial charge on any atom is 0.355 e. The number of aromatic nitrogens is 2. The first kappa shape index (κ1) is 21.8. The van der Waals surface area contributed by atoms with E-state index in [1.807, 2.05) is 37.3 Å². The van der Waals surface area contributed by atoms with Crippen LogP contribution in [0.3, 0.4) is 0 Å². The number of carbonyl (C=O) groups is 2. The Bertz CT molecular complexity index is 1290. The van der Waals surface area contributed by atoms with E-state index in [0.717, 1.165) is 11.1 Å². The third-order valence-electron chi connectivity index (χ3n) is 4.98. The number of carbonyl (C=O) groups excluding carboxylic acids is 2. The van der Waals surface area contributed by atoms with Gasteiger partial charge in [0.15, 0.2) is 0 Å². The third kappa shape index (κ3) is 4.45. The standard InChI is InChI=1S/C25H21N3O5/c1-16-10-12-17(13-11-16)22-26-27-23(33-22)18-7-6-8-19(15-18)28-14-5-4-9-20(24(29)31-2)21(28)25(30)32-3/h4-15H,1-3H3. The molecule has 0 amide bonds. The maximum absolute atomic E-state index is 12.6. The molecule has 0 saturated carbocycles. The molecule has 8 nitrogen and oxygen atoms in total. The first-order chi connectivity index (χ1) is 16.0. The van der Waals surface area contributed by atoms with Crippen LogP contribution in [0, 0.1) is 6.92 Å². The van der Waals surface area contributed by atoms with Gasteiger partial charge in [-0.1, -0.05) is 29.8 Å². The molecule has 0 atom stereocenters. The minimum atomic E-state index is -0.684. The molecule has 0 N–H and O–H groups in total. The third-order valence-corrected chi connectivity index (χ3v) is 4.98. The molecular formula is C25H21N3O5. The zero-order valence-electron chi connectivity index (χ0n) is 18.3. The van der Waals surface area contributed by atoms with E-state index in [-0.39, 0.29) is 11.3 Å². The Labute approximate surface area is 190 Å². The molecule has 3 aromatic rings. The van der Waals surface area contributed by atoms with Crippen LogP contribution in [0.1, 0.15) is 5.56 Å². The Morgan fingerprint density at radius 3 is 2.27 bits per heavy atom. The van der Waals surface area contributed by atoms with Gasteiger partial charge in [0.05, 0.1) is 19.8 Å². The van der Waals surface area contributed by atoms with Crippen molar-refractivity contribution in [1.82, 2.24) is 10.2 Å². The lowest BCUT2D eigenvalue weighted by molar-refractivity contribution is -0.139. The summed E-state index contributed by atoms with van der Waals surface area (Å²) in [5, 5.41) is 8.33. The molecule has 0 unspecified atom stereocenters. The van der Waals surface area contributed by atoms with Crippen LogP contribution in [0.25, 0.3) is 22.9 Å². The van der Waals surface area contributed by atoms with E-state index in [2.05, 4.69) is 10.2 Å². The largest absolute Gasteiger partial charge is 0.465 e. The van der Waals surface area contributed by atoms with E-state index in [1.165, 1.54) is 20.3 Å². The molecule has 2 heterocycles. The summed E-state index contributed by atoms with van der Waals surface area (Å²) in [6.07, 6.45) is 6.51. The number of anilines is 1. The van der Waals surface area contributed by atoms with Gasteiger partial charge in [0, 0.05) is 23.0 Å². The first-order valence-corrected chi connectivity index (χ1v) is 10.1. The van der Waals surface area contributed by atoms with Gasteiger partial charge in [0.2, 0.25) is 11.8 Å². The van der Waals surface area contributed by atoms with Crippen molar-refractivity contribution in [2.24, 2.45) is 0 Å². The average molecular weight is 443 g/mol. The number of hydrogen-bond acceptors (Lipinski definition) is 8. The van der Waals surface area contributed by atoms with E-state index >= 15 is 0 Å². The first-order valence-electron chi connectivity index (χ1n) is 10.1. The summed E-state index contributed by atoms with van der Waals surface area (Å²) in [4.78, 5) is 26.5. The Morgan fingerprint density at radius 1 is 0.879 bits per heavy atom. The number of methoxy groups -OCH3 is 2. The number of allylic oxidation sites excluding steroid dienone is 2. The van der Waals surface area contributed by atoms with Gasteiger partial charge in [-0.05, 0) is 49.4 Å². The van der Waals surface area contributed by atoms with Crippen molar-refractivity contribution in [2.45, 2.75) is 6.92 Å². The van der Waals surface area contributed by atoms with Crippen molar-refractivity contribution >= 4 is 17.6 Å². The van der Waals surface area contributed by atoms with Crippen LogP contribution in [0.2, 0.25) is 0 Å². The summed E-state index contributed by atoms with van der Waals surface area (Å²) in [6.45, 7) is 2.00. The summed E-state index contributed by atoms with van der Waals surface area (Å²) in [5.41, 5.74) is 3.27. The van der Waals surface area contributed by atoms with Crippen molar-refractivity contribution in [3.05, 3.63) is 89.8 Å². The normalized spacial score (nSPS) is 13.1. The van der Waals surface area contributed by atoms with E-state index in [4.69, 9.17) is 13.9 Å². The van der Waals surface area contributed by atoms with Gasteiger partial charge in [-0.15, -0.1) is 10.2 Å². The molecule has 166 valence electrons. The number of rotatable bonds is 5. The summed E-state index contributed by atoms with van der Waals surface area (Å²) in [7, 11) is 2.50. The van der Waals surface area contributed by atoms with Crippen LogP contribution < -0.4 is 4.90 Å². The van der Waals surface area contributed by atoms with Gasteiger partial charge >= 0.3 is 11.9 Å². The summed E-state index contributed by atoms with van der Waals surface area (Å²) in [6, 6.07) is 14.9. The molecule has 1 aliphatic heterocycles. The van der Waals surface area contributed by atoms with Crippen molar-refractivity contribution in [1.29, 1.82) is 0 Å². The number of nitrogens with zero attached hydrogens (tertiary/aromatic N) is 3. The molecule has 0 bridgehead atoms. The number of aryl methyl sites for hydroxylation is 1. The highest BCUT2D eigenvalue weighted by Gasteiger charge is 2.27. The number of esters is 2. The van der Waals surface area contributed by atoms with E-state index in [1.54, 1.807) is 41.5 Å². The molecule has 4 rings (SSSR count). The Hall–Kier alpha value is -4.46. The molecule has 2 aromatic carbocycles. The summed E-state index contributed by atoms with van der Waals surface area (Å²) >= 11 is 0. The van der Waals surface area contributed by atoms with Gasteiger partial charge in [0.25, 0.3) is 0 Å². The SMILES string of the molecule is COC(=O)C1=C(C(=O)OC)N(c2cccc(-c3nnc(-c4ccc(C)cc4)o3)c2)C=CC=C1. The maximum atomic E-state index is 12.6. The van der Waals surface area contributed by atoms with Crippen molar-refractivity contribution < 1.29 is 23.5 Å². The number of hydrogen-bond donors (Lipinski definition) is 0. The van der Waals surface area contributed by atoms with Crippen molar-refractivity contribution in [3.63, 3.8) is 0 Å². The fraction of sp³-hybridized carbons (Fsp3) is 0.120. The van der Waals surface area contributed by atoms with Crippen LogP contribution in [0.4, 0.5) is 5.69 Å². The minimum absolute atomic E-state index is 0.0253. The Kier molecular flexibility index (Phi) is 6.17. The number of ether oxygens (including phenoxy) is 2. The second kappa shape index (κ2) is 9.35. The molecule has 0 radical (unpaired) electrons. The summed E-state index contributed by atoms with van der Waals surface area (Å²) < 4.78 is 15.7. The molecule has 1 aliphatic rings. The predicted molar refractivity (Wildman–Crippen MR) is 122 cm³/mol. The molecular weight excluding hydrogens is 422 g/mol. The van der Waals surface area contributed by atoms with Crippen LogP contribution in [0.5, 0.6) is 0 Å². The highest BCUT2D eigenvalue weighted by Crippen LogP contribution is 2.31. The smallest absolute Gasteiger partial charge is 0.355 e. The predicted octanol–water partition coefficient (Wildman–Crippen LogP) is 4.20. The quantitative estimate of drug-likeness (QED) is 0.542. The highest BCUT2D eigenvalue weighted by molar-refractivity contribution is 6.05. The second-order valence-electron chi connectivity index (χ2n) is 7.14. The highest BCUT2D eigenvalue weighted by atomic mass is 16.5. The fourth-order valence-electron chi connectivity index (χ4n) is 3.31. The molecule has 0 saturated heterocycles. The number of benzene rings is 2. The summed E-state index contributed by atoms with van der Waals surface area (Å²) in [5.74, 6) is -0.619. The molecule has 1 aromatic heterocycles. The molecule has 33 heavy (non-hydrogen) atoms. The fourth-order valence-corrected chi connectivity index (χ4v) is 3.31. The molecule has 8 heteroatoms. The van der Waals surface area contributed by atoms with Gasteiger partial charge in [-0.3, -0.25) is 0 Å². The van der Waals surface area contributed by atoms with Gasteiger partial charge in [-0.25, -0.2) is 9.59 Å². The van der Waals surface area contributed by atoms with Crippen LogP contribution >= 0.6 is 0 Å². The topological polar surface area (TPSA) is 94.8 Å². The van der Waals surface area contributed by atoms with Crippen LogP contribution in [-0.2, 0) is 19.1 Å². The van der Waals surface area contributed by atoms with Gasteiger partial charge in [-0.2, -0.15) is 0 Å². The van der Waals surface area contributed by atoms with Gasteiger partial charge < -0.3 is 18.8 Å². The van der Waals surface area contributed by atoms with E-state index in [0.29, 0.717) is 23.0 Å². The lowest BCUT2D eigenvalue weighted by Gasteiger charge is -2.23. The zero-order valence-corrected chi connectivity index (χ0v) is 18.3. The molecule has 0 fully saturated rings. The van der Waals surface area contributed by atoms with Crippen LogP contribution in [0.15, 0.2) is 88.6 Å². The monoisotopic (exact) mass is 443 g/mol.